The normalized spacial score (nSPS) is 15.6. The fraction of sp³-hybridized carbons (Fsp3) is 0.222. The number of hydrogen-bond donors (Lipinski definition) is 1. The SMILES string of the molecule is COC(=O)c1ccc([N+](=O)[O-])c(C(O)C(C(=O)OCc2ccccc2)S(F)(F)(F)(F)F)c1. The van der Waals surface area contributed by atoms with Crippen LogP contribution in [0.2, 0.25) is 0 Å². The number of methoxy groups -OCH3 is 1. The highest BCUT2D eigenvalue weighted by molar-refractivity contribution is 8.46. The molecule has 0 aliphatic rings. The molecular formula is C18H16F5NO7S. The number of rotatable bonds is 8. The van der Waals surface area contributed by atoms with Crippen LogP contribution in [0.25, 0.3) is 0 Å². The lowest BCUT2D eigenvalue weighted by Gasteiger charge is -2.46. The molecule has 0 saturated heterocycles. The van der Waals surface area contributed by atoms with Gasteiger partial charge in [-0.2, -0.15) is 0 Å². The monoisotopic (exact) mass is 485 g/mol. The van der Waals surface area contributed by atoms with E-state index in [0.29, 0.717) is 12.1 Å². The summed E-state index contributed by atoms with van der Waals surface area (Å²) in [7, 11) is -9.96. The highest BCUT2D eigenvalue weighted by Gasteiger charge is 2.76. The molecule has 2 atom stereocenters. The summed E-state index contributed by atoms with van der Waals surface area (Å²) < 4.78 is 77.3. The smallest absolute Gasteiger partial charge is 0.337 e. The summed E-state index contributed by atoms with van der Waals surface area (Å²) in [6.07, 6.45) is -3.46. The van der Waals surface area contributed by atoms with Crippen molar-refractivity contribution in [1.29, 1.82) is 0 Å². The number of ether oxygens (including phenoxy) is 2. The minimum Gasteiger partial charge on any atom is -0.465 e. The van der Waals surface area contributed by atoms with E-state index in [2.05, 4.69) is 9.47 Å². The number of carbonyl (C=O) groups is 2. The molecule has 32 heavy (non-hydrogen) atoms. The fourth-order valence-electron chi connectivity index (χ4n) is 2.73. The minimum absolute atomic E-state index is 0.162. The summed E-state index contributed by atoms with van der Waals surface area (Å²) in [5.41, 5.74) is -2.98. The van der Waals surface area contributed by atoms with Gasteiger partial charge in [0.25, 0.3) is 5.69 Å². The quantitative estimate of drug-likeness (QED) is 0.247. The molecule has 176 valence electrons. The van der Waals surface area contributed by atoms with Crippen molar-refractivity contribution in [3.05, 3.63) is 75.3 Å². The van der Waals surface area contributed by atoms with Crippen molar-refractivity contribution in [2.24, 2.45) is 0 Å². The van der Waals surface area contributed by atoms with Gasteiger partial charge < -0.3 is 14.6 Å². The molecule has 0 fully saturated rings. The van der Waals surface area contributed by atoms with Gasteiger partial charge in [0.05, 0.1) is 23.2 Å². The predicted molar refractivity (Wildman–Crippen MR) is 103 cm³/mol. The van der Waals surface area contributed by atoms with Crippen LogP contribution in [0, 0.1) is 10.1 Å². The van der Waals surface area contributed by atoms with Crippen molar-refractivity contribution in [2.75, 3.05) is 7.11 Å². The van der Waals surface area contributed by atoms with E-state index in [1.54, 1.807) is 6.07 Å². The van der Waals surface area contributed by atoms with Crippen LogP contribution in [0.3, 0.4) is 0 Å². The highest BCUT2D eigenvalue weighted by atomic mass is 32.5. The van der Waals surface area contributed by atoms with Gasteiger partial charge in [0, 0.05) is 6.07 Å². The Kier molecular flexibility index (Phi) is 6.26. The Balaban J connectivity index is 2.56. The van der Waals surface area contributed by atoms with Crippen LogP contribution in [0.1, 0.15) is 27.6 Å². The van der Waals surface area contributed by atoms with Crippen molar-refractivity contribution in [2.45, 2.75) is 18.0 Å². The van der Waals surface area contributed by atoms with Gasteiger partial charge in [0.2, 0.25) is 5.25 Å². The molecule has 2 rings (SSSR count). The van der Waals surface area contributed by atoms with Crippen LogP contribution >= 0.6 is 10.2 Å². The molecule has 0 saturated carbocycles. The second-order valence-electron chi connectivity index (χ2n) is 6.51. The van der Waals surface area contributed by atoms with E-state index in [1.807, 2.05) is 0 Å². The number of hydrogen-bond acceptors (Lipinski definition) is 7. The van der Waals surface area contributed by atoms with E-state index >= 15 is 0 Å². The van der Waals surface area contributed by atoms with Crippen LogP contribution in [-0.2, 0) is 20.9 Å². The summed E-state index contributed by atoms with van der Waals surface area (Å²) in [4.78, 5) is 33.7. The van der Waals surface area contributed by atoms with E-state index in [-0.39, 0.29) is 5.56 Å². The zero-order valence-electron chi connectivity index (χ0n) is 16.1. The number of esters is 2. The van der Waals surface area contributed by atoms with Gasteiger partial charge in [-0.25, -0.2) is 4.79 Å². The van der Waals surface area contributed by atoms with Crippen molar-refractivity contribution < 1.29 is 48.5 Å². The van der Waals surface area contributed by atoms with Crippen LogP contribution in [-0.4, -0.2) is 34.3 Å². The molecule has 1 N–H and O–H groups in total. The number of benzene rings is 2. The molecule has 0 radical (unpaired) electrons. The standard InChI is InChI=1S/C18H16F5NO7S/c1-30-17(26)12-7-8-14(24(28)29)13(9-12)15(25)16(32(19,20,21,22)23)18(27)31-10-11-5-3-2-4-6-11/h2-9,15-16,25H,10H2,1H3. The number of nitrogens with zero attached hydrogens (tertiary/aromatic N) is 1. The number of aliphatic hydroxyl groups is 1. The molecule has 0 heterocycles. The zero-order valence-corrected chi connectivity index (χ0v) is 16.9. The first-order valence-corrected chi connectivity index (χ1v) is 10.5. The number of halogens is 5. The summed E-state index contributed by atoms with van der Waals surface area (Å²) in [6, 6.07) is 8.77. The number of nitro benzene ring substituents is 1. The van der Waals surface area contributed by atoms with Crippen LogP contribution in [0.5, 0.6) is 0 Å². The van der Waals surface area contributed by atoms with Crippen LogP contribution < -0.4 is 0 Å². The number of aliphatic hydroxyl groups excluding tert-OH is 1. The van der Waals surface area contributed by atoms with Crippen molar-refractivity contribution in [1.82, 2.24) is 0 Å². The zero-order chi connectivity index (χ0) is 24.4. The number of carbonyl (C=O) groups excluding carboxylic acids is 2. The van der Waals surface area contributed by atoms with Crippen LogP contribution in [0.15, 0.2) is 48.5 Å². The number of nitro groups is 1. The van der Waals surface area contributed by atoms with Crippen molar-refractivity contribution in [3.8, 4) is 0 Å². The van der Waals surface area contributed by atoms with Gasteiger partial charge in [-0.1, -0.05) is 49.8 Å². The first-order chi connectivity index (χ1) is 14.5. The Morgan fingerprint density at radius 1 is 1.09 bits per heavy atom. The lowest BCUT2D eigenvalue weighted by Crippen LogP contribution is -2.40. The maximum Gasteiger partial charge on any atom is 0.337 e. The molecule has 14 heteroatoms. The third-order valence-corrected chi connectivity index (χ3v) is 5.60. The van der Waals surface area contributed by atoms with E-state index in [9.17, 15) is 44.2 Å². The molecule has 0 spiro atoms. The Morgan fingerprint density at radius 3 is 2.19 bits per heavy atom. The Labute approximate surface area is 177 Å². The topological polar surface area (TPSA) is 116 Å². The molecule has 2 unspecified atom stereocenters. The third kappa shape index (κ3) is 5.91. The summed E-state index contributed by atoms with van der Waals surface area (Å²) in [6.45, 7) is -0.832. The van der Waals surface area contributed by atoms with Gasteiger partial charge >= 0.3 is 22.2 Å². The van der Waals surface area contributed by atoms with Gasteiger partial charge in [-0.3, -0.25) is 14.9 Å². The molecule has 0 aliphatic heterocycles. The molecule has 2 aromatic carbocycles. The van der Waals surface area contributed by atoms with Gasteiger partial charge in [0.1, 0.15) is 12.7 Å². The average Bonchev–Trinajstić information content (AvgIpc) is 2.69. The van der Waals surface area contributed by atoms with Gasteiger partial charge in [-0.15, -0.1) is 0 Å². The van der Waals surface area contributed by atoms with Gasteiger partial charge in [0.15, 0.2) is 0 Å². The molecular weight excluding hydrogens is 469 g/mol. The Morgan fingerprint density at radius 2 is 1.69 bits per heavy atom. The third-order valence-electron chi connectivity index (χ3n) is 4.19. The Bertz CT molecular complexity index is 1050. The summed E-state index contributed by atoms with van der Waals surface area (Å²) in [5.74, 6) is -3.72. The molecule has 0 amide bonds. The maximum absolute atomic E-state index is 13.7. The van der Waals surface area contributed by atoms with E-state index < -0.39 is 61.9 Å². The minimum atomic E-state index is -10.8. The Hall–Kier alpha value is -3.26. The van der Waals surface area contributed by atoms with Gasteiger partial charge in [-0.05, 0) is 17.7 Å². The van der Waals surface area contributed by atoms with Crippen LogP contribution in [0.4, 0.5) is 25.1 Å². The van der Waals surface area contributed by atoms with E-state index in [0.717, 1.165) is 13.2 Å². The van der Waals surface area contributed by atoms with E-state index in [4.69, 9.17) is 0 Å². The fourth-order valence-corrected chi connectivity index (χ4v) is 3.80. The van der Waals surface area contributed by atoms with Crippen molar-refractivity contribution in [3.63, 3.8) is 0 Å². The highest BCUT2D eigenvalue weighted by Crippen LogP contribution is 3.01. The largest absolute Gasteiger partial charge is 0.465 e. The molecule has 0 bridgehead atoms. The average molecular weight is 485 g/mol. The molecule has 0 aromatic heterocycles. The molecule has 8 nitrogen and oxygen atoms in total. The second-order valence-corrected chi connectivity index (χ2v) is 9.07. The maximum atomic E-state index is 13.7. The van der Waals surface area contributed by atoms with Crippen molar-refractivity contribution >= 4 is 27.9 Å². The van der Waals surface area contributed by atoms with E-state index in [1.165, 1.54) is 24.3 Å². The predicted octanol–water partition coefficient (Wildman–Crippen LogP) is 4.83. The molecule has 0 aliphatic carbocycles. The first kappa shape index (κ1) is 25.0. The lowest BCUT2D eigenvalue weighted by molar-refractivity contribution is -0.386. The second kappa shape index (κ2) is 8.02. The summed E-state index contributed by atoms with van der Waals surface area (Å²) >= 11 is 0. The first-order valence-electron chi connectivity index (χ1n) is 8.53. The summed E-state index contributed by atoms with van der Waals surface area (Å²) in [5, 5.41) is 16.9. The molecule has 2 aromatic rings. The lowest BCUT2D eigenvalue weighted by atomic mass is 10.0.